The summed E-state index contributed by atoms with van der Waals surface area (Å²) in [7, 11) is 0. The van der Waals surface area contributed by atoms with Crippen molar-refractivity contribution in [1.29, 1.82) is 0 Å². The van der Waals surface area contributed by atoms with Gasteiger partial charge in [0, 0.05) is 18.8 Å². The number of hydrogen-bond donors (Lipinski definition) is 2. The molecule has 4 N–H and O–H groups in total. The highest BCUT2D eigenvalue weighted by molar-refractivity contribution is 5.75. The molecule has 1 saturated carbocycles. The zero-order valence-corrected chi connectivity index (χ0v) is 9.93. The van der Waals surface area contributed by atoms with Crippen molar-refractivity contribution in [3.05, 3.63) is 29.8 Å². The van der Waals surface area contributed by atoms with Gasteiger partial charge >= 0.3 is 0 Å². The second kappa shape index (κ2) is 5.19. The number of amides is 1. The summed E-state index contributed by atoms with van der Waals surface area (Å²) in [6.07, 6.45) is 2.54. The molecule has 0 unspecified atom stereocenters. The van der Waals surface area contributed by atoms with Gasteiger partial charge in [-0.3, -0.25) is 9.69 Å². The Kier molecular flexibility index (Phi) is 3.64. The Morgan fingerprint density at radius 1 is 1.41 bits per heavy atom. The van der Waals surface area contributed by atoms with Gasteiger partial charge in [-0.05, 0) is 36.5 Å². The summed E-state index contributed by atoms with van der Waals surface area (Å²) >= 11 is 0. The molecule has 4 heteroatoms. The first-order chi connectivity index (χ1) is 8.13. The number of nitrogens with two attached hydrogens (primary N) is 2. The van der Waals surface area contributed by atoms with E-state index < -0.39 is 0 Å². The summed E-state index contributed by atoms with van der Waals surface area (Å²) < 4.78 is 0. The standard InChI is InChI=1S/C13H19N3O/c14-12-3-1-2-11(6-12)8-16(9-13(15)17)7-10-4-5-10/h1-3,6,10H,4-5,7-9,14H2,(H2,15,17). The Labute approximate surface area is 102 Å². The number of primary amides is 1. The number of anilines is 1. The van der Waals surface area contributed by atoms with E-state index in [1.54, 1.807) is 0 Å². The monoisotopic (exact) mass is 233 g/mol. The van der Waals surface area contributed by atoms with Crippen LogP contribution in [-0.4, -0.2) is 23.9 Å². The quantitative estimate of drug-likeness (QED) is 0.719. The summed E-state index contributed by atoms with van der Waals surface area (Å²) in [6.45, 7) is 2.02. The van der Waals surface area contributed by atoms with Gasteiger partial charge < -0.3 is 11.5 Å². The molecule has 0 atom stereocenters. The number of nitrogens with zero attached hydrogens (tertiary/aromatic N) is 1. The molecular weight excluding hydrogens is 214 g/mol. The molecule has 0 spiro atoms. The van der Waals surface area contributed by atoms with E-state index in [9.17, 15) is 4.79 Å². The fourth-order valence-electron chi connectivity index (χ4n) is 2.02. The highest BCUT2D eigenvalue weighted by Crippen LogP contribution is 2.30. The molecule has 1 fully saturated rings. The van der Waals surface area contributed by atoms with Gasteiger partial charge in [0.1, 0.15) is 0 Å². The Bertz CT molecular complexity index is 401. The van der Waals surface area contributed by atoms with Crippen LogP contribution in [0.2, 0.25) is 0 Å². The van der Waals surface area contributed by atoms with Gasteiger partial charge in [0.2, 0.25) is 5.91 Å². The fraction of sp³-hybridized carbons (Fsp3) is 0.462. The molecule has 0 aliphatic heterocycles. The molecular formula is C13H19N3O. The molecule has 1 aliphatic carbocycles. The van der Waals surface area contributed by atoms with Crippen LogP contribution in [0.4, 0.5) is 5.69 Å². The zero-order valence-electron chi connectivity index (χ0n) is 9.93. The van der Waals surface area contributed by atoms with Gasteiger partial charge in [-0.1, -0.05) is 12.1 Å². The van der Waals surface area contributed by atoms with Gasteiger partial charge in [0.15, 0.2) is 0 Å². The van der Waals surface area contributed by atoms with Crippen molar-refractivity contribution in [2.75, 3.05) is 18.8 Å². The Balaban J connectivity index is 1.97. The van der Waals surface area contributed by atoms with Crippen LogP contribution < -0.4 is 11.5 Å². The van der Waals surface area contributed by atoms with Crippen LogP contribution in [-0.2, 0) is 11.3 Å². The van der Waals surface area contributed by atoms with E-state index in [1.807, 2.05) is 24.3 Å². The van der Waals surface area contributed by atoms with Crippen LogP contribution >= 0.6 is 0 Å². The molecule has 2 rings (SSSR count). The van der Waals surface area contributed by atoms with E-state index in [0.29, 0.717) is 6.54 Å². The Hall–Kier alpha value is -1.55. The minimum Gasteiger partial charge on any atom is -0.399 e. The van der Waals surface area contributed by atoms with Crippen molar-refractivity contribution >= 4 is 11.6 Å². The Morgan fingerprint density at radius 2 is 2.18 bits per heavy atom. The van der Waals surface area contributed by atoms with Gasteiger partial charge in [-0.2, -0.15) is 0 Å². The van der Waals surface area contributed by atoms with Crippen LogP contribution in [0, 0.1) is 5.92 Å². The lowest BCUT2D eigenvalue weighted by molar-refractivity contribution is -0.119. The molecule has 1 aromatic carbocycles. The van der Waals surface area contributed by atoms with Crippen LogP contribution in [0.5, 0.6) is 0 Å². The van der Waals surface area contributed by atoms with Crippen LogP contribution in [0.25, 0.3) is 0 Å². The van der Waals surface area contributed by atoms with Gasteiger partial charge in [0.25, 0.3) is 0 Å². The topological polar surface area (TPSA) is 72.4 Å². The number of benzene rings is 1. The summed E-state index contributed by atoms with van der Waals surface area (Å²) in [4.78, 5) is 13.1. The average molecular weight is 233 g/mol. The van der Waals surface area contributed by atoms with Crippen molar-refractivity contribution in [2.24, 2.45) is 11.7 Å². The number of hydrogen-bond acceptors (Lipinski definition) is 3. The summed E-state index contributed by atoms with van der Waals surface area (Å²) in [5.74, 6) is 0.477. The molecule has 1 aromatic rings. The molecule has 0 aromatic heterocycles. The number of nitrogen functional groups attached to an aromatic ring is 1. The predicted molar refractivity (Wildman–Crippen MR) is 68.0 cm³/mol. The normalized spacial score (nSPS) is 15.1. The second-order valence-corrected chi connectivity index (χ2v) is 4.82. The highest BCUT2D eigenvalue weighted by atomic mass is 16.1. The molecule has 92 valence electrons. The first-order valence-corrected chi connectivity index (χ1v) is 5.98. The van der Waals surface area contributed by atoms with E-state index in [0.717, 1.165) is 30.3 Å². The maximum atomic E-state index is 11.0. The van der Waals surface area contributed by atoms with Crippen LogP contribution in [0.3, 0.4) is 0 Å². The van der Waals surface area contributed by atoms with Crippen molar-refractivity contribution < 1.29 is 4.79 Å². The molecule has 0 radical (unpaired) electrons. The maximum Gasteiger partial charge on any atom is 0.231 e. The average Bonchev–Trinajstić information content (AvgIpc) is 3.00. The number of rotatable bonds is 6. The van der Waals surface area contributed by atoms with Gasteiger partial charge in [0.05, 0.1) is 6.54 Å². The molecule has 0 heterocycles. The third-order valence-corrected chi connectivity index (χ3v) is 2.95. The first-order valence-electron chi connectivity index (χ1n) is 5.98. The van der Waals surface area contributed by atoms with Crippen molar-refractivity contribution in [3.8, 4) is 0 Å². The third kappa shape index (κ3) is 4.07. The fourth-order valence-corrected chi connectivity index (χ4v) is 2.02. The van der Waals surface area contributed by atoms with Crippen LogP contribution in [0.1, 0.15) is 18.4 Å². The lowest BCUT2D eigenvalue weighted by atomic mass is 10.2. The maximum absolute atomic E-state index is 11.0. The van der Waals surface area contributed by atoms with E-state index in [4.69, 9.17) is 11.5 Å². The molecule has 0 bridgehead atoms. The summed E-state index contributed by atoms with van der Waals surface area (Å²) in [5, 5.41) is 0. The zero-order chi connectivity index (χ0) is 12.3. The lowest BCUT2D eigenvalue weighted by Gasteiger charge is -2.20. The lowest BCUT2D eigenvalue weighted by Crippen LogP contribution is -2.34. The Morgan fingerprint density at radius 3 is 2.76 bits per heavy atom. The predicted octanol–water partition coefficient (Wildman–Crippen LogP) is 0.966. The van der Waals surface area contributed by atoms with E-state index >= 15 is 0 Å². The van der Waals surface area contributed by atoms with E-state index in [2.05, 4.69) is 4.90 Å². The minimum absolute atomic E-state index is 0.269. The molecule has 1 amide bonds. The molecule has 4 nitrogen and oxygen atoms in total. The molecule has 0 saturated heterocycles. The van der Waals surface area contributed by atoms with Gasteiger partial charge in [-0.25, -0.2) is 0 Å². The summed E-state index contributed by atoms with van der Waals surface area (Å²) in [5.41, 5.74) is 12.9. The van der Waals surface area contributed by atoms with E-state index in [-0.39, 0.29) is 5.91 Å². The summed E-state index contributed by atoms with van der Waals surface area (Å²) in [6, 6.07) is 7.77. The first kappa shape index (κ1) is 11.9. The van der Waals surface area contributed by atoms with Crippen molar-refractivity contribution in [1.82, 2.24) is 4.90 Å². The van der Waals surface area contributed by atoms with Crippen molar-refractivity contribution in [3.63, 3.8) is 0 Å². The smallest absolute Gasteiger partial charge is 0.231 e. The van der Waals surface area contributed by atoms with Crippen molar-refractivity contribution in [2.45, 2.75) is 19.4 Å². The minimum atomic E-state index is -0.269. The SMILES string of the molecule is NC(=O)CN(Cc1cccc(N)c1)CC1CC1. The second-order valence-electron chi connectivity index (χ2n) is 4.82. The highest BCUT2D eigenvalue weighted by Gasteiger charge is 2.24. The van der Waals surface area contributed by atoms with Gasteiger partial charge in [-0.15, -0.1) is 0 Å². The number of carbonyl (C=O) groups excluding carboxylic acids is 1. The number of carbonyl (C=O) groups is 1. The van der Waals surface area contributed by atoms with E-state index in [1.165, 1.54) is 12.8 Å². The molecule has 17 heavy (non-hydrogen) atoms. The largest absolute Gasteiger partial charge is 0.399 e. The molecule has 1 aliphatic rings. The van der Waals surface area contributed by atoms with Crippen LogP contribution in [0.15, 0.2) is 24.3 Å². The third-order valence-electron chi connectivity index (χ3n) is 2.95.